The molecule has 0 heteroatoms. The SMILES string of the molecule is C(/CCc1ccccc1)=C1\CCCc2ccccc21. The lowest BCUT2D eigenvalue weighted by Crippen LogP contribution is -2.01. The summed E-state index contributed by atoms with van der Waals surface area (Å²) in [5, 5.41) is 0. The molecule has 0 amide bonds. The normalized spacial score (nSPS) is 16.3. The lowest BCUT2D eigenvalue weighted by Gasteiger charge is -2.18. The zero-order valence-electron chi connectivity index (χ0n) is 11.3. The highest BCUT2D eigenvalue weighted by atomic mass is 14.2. The zero-order chi connectivity index (χ0) is 12.9. The summed E-state index contributed by atoms with van der Waals surface area (Å²) in [6, 6.07) is 19.6. The summed E-state index contributed by atoms with van der Waals surface area (Å²) in [5.74, 6) is 0. The second-order valence-corrected chi connectivity index (χ2v) is 5.26. The van der Waals surface area contributed by atoms with Crippen LogP contribution in [0.25, 0.3) is 5.57 Å². The monoisotopic (exact) mass is 248 g/mol. The van der Waals surface area contributed by atoms with Crippen LogP contribution in [0.5, 0.6) is 0 Å². The van der Waals surface area contributed by atoms with E-state index in [2.05, 4.69) is 60.7 Å². The third-order valence-electron chi connectivity index (χ3n) is 3.92. The minimum absolute atomic E-state index is 1.15. The Balaban J connectivity index is 1.71. The van der Waals surface area contributed by atoms with Crippen molar-refractivity contribution in [3.8, 4) is 0 Å². The highest BCUT2D eigenvalue weighted by Gasteiger charge is 2.12. The van der Waals surface area contributed by atoms with Crippen LogP contribution in [-0.4, -0.2) is 0 Å². The maximum absolute atomic E-state index is 2.45. The summed E-state index contributed by atoms with van der Waals surface area (Å²) < 4.78 is 0. The smallest absolute Gasteiger partial charge is 0.0196 e. The Kier molecular flexibility index (Phi) is 3.78. The van der Waals surface area contributed by atoms with Gasteiger partial charge in [-0.2, -0.15) is 0 Å². The number of rotatable bonds is 3. The van der Waals surface area contributed by atoms with Crippen molar-refractivity contribution in [1.82, 2.24) is 0 Å². The first kappa shape index (κ1) is 12.2. The average Bonchev–Trinajstić information content (AvgIpc) is 2.49. The van der Waals surface area contributed by atoms with Crippen LogP contribution in [-0.2, 0) is 12.8 Å². The Morgan fingerprint density at radius 3 is 2.53 bits per heavy atom. The molecule has 0 heterocycles. The van der Waals surface area contributed by atoms with E-state index in [1.54, 1.807) is 5.57 Å². The molecule has 0 N–H and O–H groups in total. The van der Waals surface area contributed by atoms with E-state index in [9.17, 15) is 0 Å². The summed E-state index contributed by atoms with van der Waals surface area (Å²) in [6.07, 6.45) is 8.53. The van der Waals surface area contributed by atoms with Crippen molar-refractivity contribution in [2.45, 2.75) is 32.1 Å². The molecule has 2 aromatic rings. The van der Waals surface area contributed by atoms with Crippen LogP contribution in [0.4, 0.5) is 0 Å². The Hall–Kier alpha value is -1.82. The molecule has 1 aliphatic rings. The predicted molar refractivity (Wildman–Crippen MR) is 82.1 cm³/mol. The number of allylic oxidation sites excluding steroid dienone is 2. The molecule has 96 valence electrons. The fourth-order valence-electron chi connectivity index (χ4n) is 2.93. The molecule has 0 saturated carbocycles. The first-order valence-corrected chi connectivity index (χ1v) is 7.25. The quantitative estimate of drug-likeness (QED) is 0.714. The molecule has 1 aliphatic carbocycles. The maximum atomic E-state index is 2.45. The van der Waals surface area contributed by atoms with Crippen molar-refractivity contribution in [2.24, 2.45) is 0 Å². The van der Waals surface area contributed by atoms with Gasteiger partial charge in [-0.1, -0.05) is 60.7 Å². The van der Waals surface area contributed by atoms with E-state index in [-0.39, 0.29) is 0 Å². The van der Waals surface area contributed by atoms with Gasteiger partial charge in [0.25, 0.3) is 0 Å². The molecule has 0 radical (unpaired) electrons. The van der Waals surface area contributed by atoms with Gasteiger partial charge in [-0.15, -0.1) is 0 Å². The number of hydrogen-bond acceptors (Lipinski definition) is 0. The fraction of sp³-hybridized carbons (Fsp3) is 0.263. The minimum Gasteiger partial charge on any atom is -0.0804 e. The largest absolute Gasteiger partial charge is 0.0804 e. The van der Waals surface area contributed by atoms with Crippen LogP contribution in [0.15, 0.2) is 60.7 Å². The lowest BCUT2D eigenvalue weighted by atomic mass is 9.87. The molecule has 19 heavy (non-hydrogen) atoms. The van der Waals surface area contributed by atoms with Gasteiger partial charge in [0.2, 0.25) is 0 Å². The van der Waals surface area contributed by atoms with E-state index in [1.807, 2.05) is 0 Å². The summed E-state index contributed by atoms with van der Waals surface area (Å²) in [7, 11) is 0. The Bertz CT molecular complexity index is 564. The van der Waals surface area contributed by atoms with E-state index < -0.39 is 0 Å². The number of fused-ring (bicyclic) bond motifs is 1. The molecular formula is C19H20. The average molecular weight is 248 g/mol. The van der Waals surface area contributed by atoms with Gasteiger partial charge >= 0.3 is 0 Å². The van der Waals surface area contributed by atoms with Crippen LogP contribution in [0.2, 0.25) is 0 Å². The van der Waals surface area contributed by atoms with E-state index in [0.29, 0.717) is 0 Å². The molecule has 0 fully saturated rings. The van der Waals surface area contributed by atoms with Crippen molar-refractivity contribution in [3.63, 3.8) is 0 Å². The van der Waals surface area contributed by atoms with Crippen LogP contribution in [0.3, 0.4) is 0 Å². The van der Waals surface area contributed by atoms with Crippen LogP contribution in [0.1, 0.15) is 36.0 Å². The Morgan fingerprint density at radius 1 is 0.842 bits per heavy atom. The van der Waals surface area contributed by atoms with Gasteiger partial charge in [0.1, 0.15) is 0 Å². The van der Waals surface area contributed by atoms with Gasteiger partial charge in [-0.25, -0.2) is 0 Å². The zero-order valence-corrected chi connectivity index (χ0v) is 11.3. The molecule has 0 aromatic heterocycles. The Morgan fingerprint density at radius 2 is 1.63 bits per heavy atom. The molecule has 0 unspecified atom stereocenters. The topological polar surface area (TPSA) is 0 Å². The highest BCUT2D eigenvalue weighted by molar-refractivity contribution is 5.69. The van der Waals surface area contributed by atoms with Crippen molar-refractivity contribution in [3.05, 3.63) is 77.4 Å². The van der Waals surface area contributed by atoms with E-state index in [4.69, 9.17) is 0 Å². The molecule has 0 aliphatic heterocycles. The maximum Gasteiger partial charge on any atom is -0.0196 e. The van der Waals surface area contributed by atoms with Crippen LogP contribution in [0, 0.1) is 0 Å². The van der Waals surface area contributed by atoms with E-state index >= 15 is 0 Å². The molecule has 0 saturated heterocycles. The molecule has 0 spiro atoms. The predicted octanol–water partition coefficient (Wildman–Crippen LogP) is 5.04. The molecule has 2 aromatic carbocycles. The van der Waals surface area contributed by atoms with Gasteiger partial charge in [0, 0.05) is 0 Å². The second kappa shape index (κ2) is 5.88. The third-order valence-corrected chi connectivity index (χ3v) is 3.92. The van der Waals surface area contributed by atoms with Crippen molar-refractivity contribution >= 4 is 5.57 Å². The summed E-state index contributed by atoms with van der Waals surface area (Å²) in [6.45, 7) is 0. The summed E-state index contributed by atoms with van der Waals surface area (Å²) >= 11 is 0. The van der Waals surface area contributed by atoms with E-state index in [1.165, 1.54) is 36.0 Å². The number of hydrogen-bond donors (Lipinski definition) is 0. The van der Waals surface area contributed by atoms with E-state index in [0.717, 1.165) is 12.8 Å². The highest BCUT2D eigenvalue weighted by Crippen LogP contribution is 2.30. The van der Waals surface area contributed by atoms with Gasteiger partial charge in [0.05, 0.1) is 0 Å². The van der Waals surface area contributed by atoms with Crippen LogP contribution < -0.4 is 0 Å². The van der Waals surface area contributed by atoms with Gasteiger partial charge in [-0.3, -0.25) is 0 Å². The third kappa shape index (κ3) is 2.96. The molecular weight excluding hydrogens is 228 g/mol. The number of aryl methyl sites for hydroxylation is 2. The first-order valence-electron chi connectivity index (χ1n) is 7.25. The standard InChI is InChI=1S/C19H20/c1-2-8-16(9-3-1)10-6-12-18-14-7-13-17-11-4-5-15-19(17)18/h1-5,8-9,11-12,15H,6-7,10,13-14H2/b18-12-. The fourth-order valence-corrected chi connectivity index (χ4v) is 2.93. The lowest BCUT2D eigenvalue weighted by molar-refractivity contribution is 0.818. The van der Waals surface area contributed by atoms with Gasteiger partial charge in [-0.05, 0) is 54.4 Å². The van der Waals surface area contributed by atoms with Gasteiger partial charge in [0.15, 0.2) is 0 Å². The second-order valence-electron chi connectivity index (χ2n) is 5.26. The van der Waals surface area contributed by atoms with Gasteiger partial charge < -0.3 is 0 Å². The van der Waals surface area contributed by atoms with Crippen molar-refractivity contribution in [1.29, 1.82) is 0 Å². The van der Waals surface area contributed by atoms with Crippen molar-refractivity contribution < 1.29 is 0 Å². The van der Waals surface area contributed by atoms with Crippen molar-refractivity contribution in [2.75, 3.05) is 0 Å². The first-order chi connectivity index (χ1) is 9.43. The Labute approximate surface area is 115 Å². The van der Waals surface area contributed by atoms with Crippen LogP contribution >= 0.6 is 0 Å². The molecule has 0 atom stereocenters. The number of benzene rings is 2. The molecule has 0 nitrogen and oxygen atoms in total. The summed E-state index contributed by atoms with van der Waals surface area (Å²) in [5.41, 5.74) is 6.00. The molecule has 3 rings (SSSR count). The molecule has 0 bridgehead atoms. The summed E-state index contributed by atoms with van der Waals surface area (Å²) in [4.78, 5) is 0. The minimum atomic E-state index is 1.15.